The average molecular weight is 321 g/mol. The van der Waals surface area contributed by atoms with Crippen LogP contribution in [0.4, 0.5) is 0 Å². The van der Waals surface area contributed by atoms with E-state index in [1.54, 1.807) is 32.3 Å². The number of aromatic nitrogens is 3. The Morgan fingerprint density at radius 2 is 2.27 bits per heavy atom. The highest BCUT2D eigenvalue weighted by atomic mass is 32.2. The summed E-state index contributed by atoms with van der Waals surface area (Å²) in [5.74, 6) is 2.15. The molecule has 0 aliphatic heterocycles. The van der Waals surface area contributed by atoms with E-state index in [0.29, 0.717) is 36.2 Å². The summed E-state index contributed by atoms with van der Waals surface area (Å²) in [6.45, 7) is 4.65. The van der Waals surface area contributed by atoms with Gasteiger partial charge in [0.15, 0.2) is 10.9 Å². The molecule has 22 heavy (non-hydrogen) atoms. The van der Waals surface area contributed by atoms with E-state index in [0.717, 1.165) is 5.16 Å². The number of nitrogens with zero attached hydrogens (tertiary/aromatic N) is 4. The SMILES string of the molecule is C=CCn1c(CN)nnc1SCc1ccc(C(=O)N(C)C)o1. The molecule has 8 heteroatoms. The maximum Gasteiger partial charge on any atom is 0.289 e. The van der Waals surface area contributed by atoms with Crippen molar-refractivity contribution in [3.8, 4) is 0 Å². The normalized spacial score (nSPS) is 10.7. The van der Waals surface area contributed by atoms with Gasteiger partial charge in [0.25, 0.3) is 5.91 Å². The molecule has 0 aromatic carbocycles. The van der Waals surface area contributed by atoms with Crippen LogP contribution in [0.25, 0.3) is 0 Å². The molecule has 1 amide bonds. The summed E-state index contributed by atoms with van der Waals surface area (Å²) in [5.41, 5.74) is 5.64. The first-order valence-corrected chi connectivity index (χ1v) is 7.71. The molecule has 0 aliphatic rings. The standard InChI is InChI=1S/C14H19N5O2S/c1-4-7-19-12(8-15)16-17-14(19)22-9-10-5-6-11(21-10)13(20)18(2)3/h4-6H,1,7-9,15H2,2-3H3. The van der Waals surface area contributed by atoms with Gasteiger partial charge < -0.3 is 19.6 Å². The van der Waals surface area contributed by atoms with E-state index in [1.807, 2.05) is 4.57 Å². The molecular weight excluding hydrogens is 302 g/mol. The molecule has 0 aliphatic carbocycles. The number of allylic oxidation sites excluding steroid dienone is 1. The van der Waals surface area contributed by atoms with E-state index in [4.69, 9.17) is 10.2 Å². The zero-order chi connectivity index (χ0) is 16.1. The Bertz CT molecular complexity index is 662. The molecule has 2 aromatic heterocycles. The van der Waals surface area contributed by atoms with Gasteiger partial charge in [-0.15, -0.1) is 16.8 Å². The Labute approximate surface area is 133 Å². The zero-order valence-corrected chi connectivity index (χ0v) is 13.5. The third-order valence-corrected chi connectivity index (χ3v) is 3.90. The van der Waals surface area contributed by atoms with Crippen molar-refractivity contribution in [2.24, 2.45) is 5.73 Å². The number of hydrogen-bond acceptors (Lipinski definition) is 6. The number of hydrogen-bond donors (Lipinski definition) is 1. The third-order valence-electron chi connectivity index (χ3n) is 2.91. The summed E-state index contributed by atoms with van der Waals surface area (Å²) < 4.78 is 7.46. The van der Waals surface area contributed by atoms with Crippen LogP contribution >= 0.6 is 11.8 Å². The van der Waals surface area contributed by atoms with Crippen LogP contribution in [0.15, 0.2) is 34.4 Å². The largest absolute Gasteiger partial charge is 0.455 e. The van der Waals surface area contributed by atoms with Gasteiger partial charge in [0.1, 0.15) is 11.6 Å². The van der Waals surface area contributed by atoms with Gasteiger partial charge >= 0.3 is 0 Å². The van der Waals surface area contributed by atoms with E-state index in [9.17, 15) is 4.79 Å². The lowest BCUT2D eigenvalue weighted by molar-refractivity contribution is 0.0795. The Morgan fingerprint density at radius 1 is 1.50 bits per heavy atom. The maximum absolute atomic E-state index is 11.8. The molecule has 2 aromatic rings. The minimum absolute atomic E-state index is 0.156. The summed E-state index contributed by atoms with van der Waals surface area (Å²) in [4.78, 5) is 13.3. The molecule has 2 N–H and O–H groups in total. The molecule has 0 radical (unpaired) electrons. The predicted molar refractivity (Wildman–Crippen MR) is 84.4 cm³/mol. The summed E-state index contributed by atoms with van der Waals surface area (Å²) >= 11 is 1.48. The Hall–Kier alpha value is -2.06. The van der Waals surface area contributed by atoms with Crippen molar-refractivity contribution in [1.82, 2.24) is 19.7 Å². The monoisotopic (exact) mass is 321 g/mol. The number of thioether (sulfide) groups is 1. The zero-order valence-electron chi connectivity index (χ0n) is 12.7. The van der Waals surface area contributed by atoms with Crippen LogP contribution in [0.1, 0.15) is 22.1 Å². The molecular formula is C14H19N5O2S. The summed E-state index contributed by atoms with van der Waals surface area (Å²) in [7, 11) is 3.37. The highest BCUT2D eigenvalue weighted by Crippen LogP contribution is 2.23. The van der Waals surface area contributed by atoms with Crippen LogP contribution < -0.4 is 5.73 Å². The second-order valence-electron chi connectivity index (χ2n) is 4.76. The molecule has 7 nitrogen and oxygen atoms in total. The molecule has 0 spiro atoms. The Morgan fingerprint density at radius 3 is 2.91 bits per heavy atom. The lowest BCUT2D eigenvalue weighted by Crippen LogP contribution is -2.20. The van der Waals surface area contributed by atoms with Crippen LogP contribution in [0.5, 0.6) is 0 Å². The van der Waals surface area contributed by atoms with Gasteiger partial charge in [0, 0.05) is 20.6 Å². The number of carbonyl (C=O) groups is 1. The number of nitrogens with two attached hydrogens (primary N) is 1. The smallest absolute Gasteiger partial charge is 0.289 e. The lowest BCUT2D eigenvalue weighted by atomic mass is 10.4. The molecule has 0 fully saturated rings. The van der Waals surface area contributed by atoms with Crippen molar-refractivity contribution in [1.29, 1.82) is 0 Å². The molecule has 2 heterocycles. The van der Waals surface area contributed by atoms with Gasteiger partial charge in [-0.25, -0.2) is 0 Å². The van der Waals surface area contributed by atoms with E-state index in [-0.39, 0.29) is 5.91 Å². The van der Waals surface area contributed by atoms with Crippen LogP contribution in [0.2, 0.25) is 0 Å². The van der Waals surface area contributed by atoms with Gasteiger partial charge in [-0.3, -0.25) is 4.79 Å². The lowest BCUT2D eigenvalue weighted by Gasteiger charge is -2.07. The molecule has 0 saturated carbocycles. The summed E-state index contributed by atoms with van der Waals surface area (Å²) in [6, 6.07) is 3.47. The van der Waals surface area contributed by atoms with Gasteiger partial charge in [-0.2, -0.15) is 0 Å². The minimum Gasteiger partial charge on any atom is -0.455 e. The fraction of sp³-hybridized carbons (Fsp3) is 0.357. The fourth-order valence-electron chi connectivity index (χ4n) is 1.82. The second kappa shape index (κ2) is 7.28. The van der Waals surface area contributed by atoms with Crippen molar-refractivity contribution in [3.63, 3.8) is 0 Å². The van der Waals surface area contributed by atoms with Gasteiger partial charge in [0.2, 0.25) is 0 Å². The van der Waals surface area contributed by atoms with E-state index < -0.39 is 0 Å². The molecule has 0 saturated heterocycles. The Kier molecular flexibility index (Phi) is 5.40. The number of rotatable bonds is 7. The quantitative estimate of drug-likeness (QED) is 0.614. The van der Waals surface area contributed by atoms with E-state index in [1.165, 1.54) is 16.7 Å². The first-order chi connectivity index (χ1) is 10.6. The van der Waals surface area contributed by atoms with Crippen molar-refractivity contribution in [3.05, 3.63) is 42.1 Å². The first-order valence-electron chi connectivity index (χ1n) is 6.73. The van der Waals surface area contributed by atoms with Gasteiger partial charge in [0.05, 0.1) is 12.3 Å². The van der Waals surface area contributed by atoms with Crippen molar-refractivity contribution in [2.45, 2.75) is 24.0 Å². The summed E-state index contributed by atoms with van der Waals surface area (Å²) in [6.07, 6.45) is 1.77. The molecule has 118 valence electrons. The molecule has 2 rings (SSSR count). The van der Waals surface area contributed by atoms with Crippen LogP contribution in [0.3, 0.4) is 0 Å². The van der Waals surface area contributed by atoms with E-state index >= 15 is 0 Å². The van der Waals surface area contributed by atoms with Gasteiger partial charge in [-0.1, -0.05) is 17.8 Å². The molecule has 0 bridgehead atoms. The molecule has 0 atom stereocenters. The maximum atomic E-state index is 11.8. The second-order valence-corrected chi connectivity index (χ2v) is 5.70. The summed E-state index contributed by atoms with van der Waals surface area (Å²) in [5, 5.41) is 8.92. The fourth-order valence-corrected chi connectivity index (χ4v) is 2.68. The van der Waals surface area contributed by atoms with Crippen LogP contribution in [-0.2, 0) is 18.8 Å². The van der Waals surface area contributed by atoms with E-state index in [2.05, 4.69) is 16.8 Å². The third kappa shape index (κ3) is 3.58. The van der Waals surface area contributed by atoms with Crippen molar-refractivity contribution < 1.29 is 9.21 Å². The molecule has 0 unspecified atom stereocenters. The van der Waals surface area contributed by atoms with Crippen LogP contribution in [0, 0.1) is 0 Å². The van der Waals surface area contributed by atoms with Crippen LogP contribution in [-0.4, -0.2) is 39.7 Å². The van der Waals surface area contributed by atoms with Crippen molar-refractivity contribution in [2.75, 3.05) is 14.1 Å². The topological polar surface area (TPSA) is 90.2 Å². The predicted octanol–water partition coefficient (Wildman–Crippen LogP) is 1.51. The number of amides is 1. The number of furan rings is 1. The minimum atomic E-state index is -0.156. The first kappa shape index (κ1) is 16.3. The highest BCUT2D eigenvalue weighted by molar-refractivity contribution is 7.98. The van der Waals surface area contributed by atoms with Crippen molar-refractivity contribution >= 4 is 17.7 Å². The van der Waals surface area contributed by atoms with Gasteiger partial charge in [-0.05, 0) is 12.1 Å². The average Bonchev–Trinajstić information content (AvgIpc) is 3.11. The Balaban J connectivity index is 2.06. The highest BCUT2D eigenvalue weighted by Gasteiger charge is 2.15. The number of carbonyl (C=O) groups excluding carboxylic acids is 1.